The Morgan fingerprint density at radius 3 is 2.53 bits per heavy atom. The molecule has 0 aliphatic heterocycles. The van der Waals surface area contributed by atoms with Crippen molar-refractivity contribution in [2.45, 2.75) is 31.2 Å². The van der Waals surface area contributed by atoms with Crippen molar-refractivity contribution in [1.29, 1.82) is 0 Å². The first-order valence-electron chi connectivity index (χ1n) is 5.24. The van der Waals surface area contributed by atoms with Gasteiger partial charge in [-0.15, -0.1) is 0 Å². The molecule has 15 heavy (non-hydrogen) atoms. The first kappa shape index (κ1) is 9.61. The van der Waals surface area contributed by atoms with E-state index in [0.29, 0.717) is 10.6 Å². The van der Waals surface area contributed by atoms with Crippen LogP contribution in [0.1, 0.15) is 24.8 Å². The molecule has 80 valence electrons. The van der Waals surface area contributed by atoms with Gasteiger partial charge in [0.2, 0.25) is 0 Å². The van der Waals surface area contributed by atoms with Crippen LogP contribution in [0.15, 0.2) is 18.2 Å². The van der Waals surface area contributed by atoms with E-state index in [2.05, 4.69) is 0 Å². The molecular weight excluding hydrogens is 213 g/mol. The average Bonchev–Trinajstić information content (AvgIpc) is 2.06. The quantitative estimate of drug-likeness (QED) is 0.823. The molecule has 0 heterocycles. The van der Waals surface area contributed by atoms with E-state index in [0.717, 1.165) is 25.7 Å². The molecule has 3 saturated carbocycles. The van der Waals surface area contributed by atoms with Gasteiger partial charge in [0.05, 0.1) is 0 Å². The van der Waals surface area contributed by atoms with Crippen molar-refractivity contribution in [2.24, 2.45) is 11.1 Å². The molecular formula is C12H13ClFN. The number of hydrogen-bond donors (Lipinski definition) is 1. The highest BCUT2D eigenvalue weighted by Gasteiger charge is 2.65. The van der Waals surface area contributed by atoms with Crippen LogP contribution in [0.3, 0.4) is 0 Å². The third-order valence-corrected chi connectivity index (χ3v) is 4.15. The molecule has 1 aromatic carbocycles. The second kappa shape index (κ2) is 2.74. The Hall–Kier alpha value is -0.600. The van der Waals surface area contributed by atoms with Gasteiger partial charge in [-0.2, -0.15) is 0 Å². The van der Waals surface area contributed by atoms with E-state index >= 15 is 0 Å². The molecule has 3 aliphatic carbocycles. The van der Waals surface area contributed by atoms with Crippen LogP contribution < -0.4 is 5.73 Å². The molecule has 0 amide bonds. The highest BCUT2D eigenvalue weighted by atomic mass is 35.5. The lowest BCUT2D eigenvalue weighted by Gasteiger charge is -2.69. The van der Waals surface area contributed by atoms with Crippen molar-refractivity contribution < 1.29 is 4.39 Å². The number of hydrogen-bond acceptors (Lipinski definition) is 1. The molecule has 0 atom stereocenters. The summed E-state index contributed by atoms with van der Waals surface area (Å²) in [5, 5.41) is 0.547. The summed E-state index contributed by atoms with van der Waals surface area (Å²) in [7, 11) is 0. The lowest BCUT2D eigenvalue weighted by Crippen LogP contribution is -2.72. The van der Waals surface area contributed by atoms with Crippen LogP contribution in [-0.2, 0) is 6.42 Å². The van der Waals surface area contributed by atoms with Crippen molar-refractivity contribution in [3.8, 4) is 0 Å². The summed E-state index contributed by atoms with van der Waals surface area (Å²) < 4.78 is 13.5. The van der Waals surface area contributed by atoms with Gasteiger partial charge in [-0.25, -0.2) is 4.39 Å². The topological polar surface area (TPSA) is 26.0 Å². The Morgan fingerprint density at radius 2 is 2.00 bits per heavy atom. The maximum Gasteiger partial charge on any atom is 0.127 e. The van der Waals surface area contributed by atoms with E-state index in [9.17, 15) is 4.39 Å². The summed E-state index contributed by atoms with van der Waals surface area (Å²) in [6.45, 7) is 0. The van der Waals surface area contributed by atoms with E-state index in [1.165, 1.54) is 6.07 Å². The Morgan fingerprint density at radius 1 is 1.33 bits per heavy atom. The third-order valence-electron chi connectivity index (χ3n) is 3.79. The van der Waals surface area contributed by atoms with Gasteiger partial charge >= 0.3 is 0 Å². The summed E-state index contributed by atoms with van der Waals surface area (Å²) in [5.74, 6) is -0.182. The zero-order chi connectivity index (χ0) is 10.7. The van der Waals surface area contributed by atoms with Gasteiger partial charge in [-0.05, 0) is 43.2 Å². The summed E-state index contributed by atoms with van der Waals surface area (Å²) in [6.07, 6.45) is 3.84. The Bertz CT molecular complexity index is 390. The van der Waals surface area contributed by atoms with E-state index in [4.69, 9.17) is 17.3 Å². The highest BCUT2D eigenvalue weighted by Crippen LogP contribution is 2.67. The van der Waals surface area contributed by atoms with Crippen LogP contribution in [0.2, 0.25) is 5.02 Å². The minimum Gasteiger partial charge on any atom is -0.325 e. The maximum absolute atomic E-state index is 13.5. The first-order valence-corrected chi connectivity index (χ1v) is 5.62. The SMILES string of the molecule is NC12CC(Cc3c(F)cccc3Cl)(C1)C2. The summed E-state index contributed by atoms with van der Waals surface area (Å²) in [5.41, 5.74) is 6.99. The molecule has 3 fully saturated rings. The molecule has 3 heteroatoms. The van der Waals surface area contributed by atoms with E-state index in [1.807, 2.05) is 0 Å². The lowest BCUT2D eigenvalue weighted by atomic mass is 9.38. The zero-order valence-corrected chi connectivity index (χ0v) is 9.15. The van der Waals surface area contributed by atoms with E-state index < -0.39 is 0 Å². The highest BCUT2D eigenvalue weighted by molar-refractivity contribution is 6.31. The van der Waals surface area contributed by atoms with Crippen LogP contribution in [-0.4, -0.2) is 5.54 Å². The fourth-order valence-corrected chi connectivity index (χ4v) is 3.58. The summed E-state index contributed by atoms with van der Waals surface area (Å²) in [4.78, 5) is 0. The van der Waals surface area contributed by atoms with E-state index in [-0.39, 0.29) is 16.8 Å². The summed E-state index contributed by atoms with van der Waals surface area (Å²) >= 11 is 6.00. The second-order valence-corrected chi connectivity index (χ2v) is 5.68. The number of halogens is 2. The smallest absolute Gasteiger partial charge is 0.127 e. The van der Waals surface area contributed by atoms with Crippen molar-refractivity contribution in [3.05, 3.63) is 34.6 Å². The van der Waals surface area contributed by atoms with Crippen LogP contribution in [0.4, 0.5) is 4.39 Å². The minimum atomic E-state index is -0.182. The van der Waals surface area contributed by atoms with Crippen LogP contribution in [0.25, 0.3) is 0 Å². The van der Waals surface area contributed by atoms with Gasteiger partial charge in [0, 0.05) is 16.1 Å². The molecule has 2 N–H and O–H groups in total. The van der Waals surface area contributed by atoms with Crippen molar-refractivity contribution in [1.82, 2.24) is 0 Å². The van der Waals surface area contributed by atoms with Crippen LogP contribution in [0.5, 0.6) is 0 Å². The fraction of sp³-hybridized carbons (Fsp3) is 0.500. The van der Waals surface area contributed by atoms with Gasteiger partial charge in [-0.1, -0.05) is 17.7 Å². The van der Waals surface area contributed by atoms with Gasteiger partial charge in [0.1, 0.15) is 5.82 Å². The molecule has 0 saturated heterocycles. The van der Waals surface area contributed by atoms with Crippen molar-refractivity contribution in [2.75, 3.05) is 0 Å². The molecule has 0 aromatic heterocycles. The Kier molecular flexibility index (Phi) is 1.76. The first-order chi connectivity index (χ1) is 7.02. The minimum absolute atomic E-state index is 0.0811. The molecule has 1 nitrogen and oxygen atoms in total. The second-order valence-electron chi connectivity index (χ2n) is 5.27. The van der Waals surface area contributed by atoms with Gasteiger partial charge in [0.25, 0.3) is 0 Å². The maximum atomic E-state index is 13.5. The number of nitrogens with two attached hydrogens (primary N) is 1. The van der Waals surface area contributed by atoms with Crippen molar-refractivity contribution >= 4 is 11.6 Å². The van der Waals surface area contributed by atoms with Gasteiger partial charge in [0.15, 0.2) is 0 Å². The molecule has 0 radical (unpaired) electrons. The zero-order valence-electron chi connectivity index (χ0n) is 8.39. The molecule has 0 spiro atoms. The average molecular weight is 226 g/mol. The fourth-order valence-electron chi connectivity index (χ4n) is 3.35. The monoisotopic (exact) mass is 225 g/mol. The Balaban J connectivity index is 1.84. The molecule has 0 unspecified atom stereocenters. The number of rotatable bonds is 2. The third kappa shape index (κ3) is 1.31. The molecule has 1 aromatic rings. The summed E-state index contributed by atoms with van der Waals surface area (Å²) in [6, 6.07) is 4.88. The molecule has 4 rings (SSSR count). The van der Waals surface area contributed by atoms with Crippen LogP contribution >= 0.6 is 11.6 Å². The van der Waals surface area contributed by atoms with Crippen LogP contribution in [0, 0.1) is 11.2 Å². The van der Waals surface area contributed by atoms with Gasteiger partial charge < -0.3 is 5.73 Å². The standard InChI is InChI=1S/C12H13ClFN/c13-9-2-1-3-10(14)8(9)4-11-5-12(15,6-11)7-11/h1-3H,4-7,15H2. The predicted molar refractivity (Wildman–Crippen MR) is 58.3 cm³/mol. The lowest BCUT2D eigenvalue weighted by molar-refractivity contribution is -0.130. The van der Waals surface area contributed by atoms with Gasteiger partial charge in [-0.3, -0.25) is 0 Å². The van der Waals surface area contributed by atoms with E-state index in [1.54, 1.807) is 12.1 Å². The van der Waals surface area contributed by atoms with Crippen molar-refractivity contribution in [3.63, 3.8) is 0 Å². The predicted octanol–water partition coefficient (Wildman–Crippen LogP) is 2.90. The molecule has 3 aliphatic rings. The Labute approximate surface area is 93.4 Å². The normalized spacial score (nSPS) is 37.0. The number of benzene rings is 1. The molecule has 2 bridgehead atoms. The largest absolute Gasteiger partial charge is 0.325 e.